The number of phenols is 1. The maximum atomic E-state index is 13.6. The number of hydrogen-bond donors (Lipinski definition) is 8. The van der Waals surface area contributed by atoms with Crippen molar-refractivity contribution >= 4 is 33.2 Å². The van der Waals surface area contributed by atoms with Crippen molar-refractivity contribution in [1.82, 2.24) is 4.72 Å². The second-order valence-corrected chi connectivity index (χ2v) is 11.0. The van der Waals surface area contributed by atoms with E-state index in [2.05, 4.69) is 4.72 Å². The van der Waals surface area contributed by atoms with Gasteiger partial charge in [0.1, 0.15) is 22.8 Å². The quantitative estimate of drug-likeness (QED) is 0.125. The molecule has 35 heavy (non-hydrogen) atoms. The molecule has 0 fully saturated rings. The standard InChI is InChI=1S/C21H24N4O9S/c1-35(33,34)25-6-20-4-7-9(22)2-3-10(26)11(7)15(27)13(20)18(30)21(32)8(5-20)14(23)16(28)12(17(21)29)19(24)31/h2-3,8,14,25-26,28,30,32H,4-6,22-23H2,1H3,(H2,24,31)/t8-,14-,20-,21+/m0/s1. The Labute approximate surface area is 199 Å². The lowest BCUT2D eigenvalue weighted by atomic mass is 9.52. The van der Waals surface area contributed by atoms with Crippen molar-refractivity contribution in [2.24, 2.45) is 22.8 Å². The molecule has 11 N–H and O–H groups in total. The average Bonchev–Trinajstić information content (AvgIpc) is 2.75. The summed E-state index contributed by atoms with van der Waals surface area (Å²) in [5, 5.41) is 43.5. The number of amides is 1. The van der Waals surface area contributed by atoms with Crippen LogP contribution in [-0.4, -0.2) is 70.8 Å². The van der Waals surface area contributed by atoms with Crippen LogP contribution < -0.4 is 21.9 Å². The fraction of sp³-hybridized carbons (Fsp3) is 0.381. The molecule has 0 radical (unpaired) electrons. The summed E-state index contributed by atoms with van der Waals surface area (Å²) in [7, 11) is -3.84. The number of nitrogen functional groups attached to an aromatic ring is 1. The molecule has 1 amide bonds. The molecule has 14 heteroatoms. The summed E-state index contributed by atoms with van der Waals surface area (Å²) < 4.78 is 26.2. The number of primary amides is 1. The van der Waals surface area contributed by atoms with Crippen LogP contribution in [0.2, 0.25) is 0 Å². The van der Waals surface area contributed by atoms with Crippen LogP contribution in [-0.2, 0) is 26.0 Å². The highest BCUT2D eigenvalue weighted by Crippen LogP contribution is 2.57. The number of phenolic OH excluding ortho intramolecular Hbond substituents is 1. The molecule has 13 nitrogen and oxygen atoms in total. The van der Waals surface area contributed by atoms with Gasteiger partial charge in [0.15, 0.2) is 11.4 Å². The molecule has 0 aliphatic heterocycles. The zero-order valence-electron chi connectivity index (χ0n) is 18.4. The summed E-state index contributed by atoms with van der Waals surface area (Å²) in [6.07, 6.45) is 0.278. The van der Waals surface area contributed by atoms with Crippen LogP contribution >= 0.6 is 0 Å². The normalized spacial score (nSPS) is 30.6. The molecular weight excluding hydrogens is 484 g/mol. The number of nitrogens with two attached hydrogens (primary N) is 3. The Hall–Kier alpha value is -3.46. The maximum absolute atomic E-state index is 13.6. The lowest BCUT2D eigenvalue weighted by Crippen LogP contribution is -2.66. The highest BCUT2D eigenvalue weighted by molar-refractivity contribution is 7.88. The van der Waals surface area contributed by atoms with Gasteiger partial charge in [-0.05, 0) is 30.5 Å². The smallest absolute Gasteiger partial charge is 0.255 e. The highest BCUT2D eigenvalue weighted by atomic mass is 32.2. The van der Waals surface area contributed by atoms with Gasteiger partial charge >= 0.3 is 0 Å². The Morgan fingerprint density at radius 2 is 1.86 bits per heavy atom. The van der Waals surface area contributed by atoms with E-state index >= 15 is 0 Å². The molecule has 3 aliphatic carbocycles. The van der Waals surface area contributed by atoms with Crippen LogP contribution in [0.1, 0.15) is 22.3 Å². The van der Waals surface area contributed by atoms with Gasteiger partial charge in [-0.15, -0.1) is 0 Å². The van der Waals surface area contributed by atoms with Gasteiger partial charge in [-0.2, -0.15) is 0 Å². The maximum Gasteiger partial charge on any atom is 0.255 e. The van der Waals surface area contributed by atoms with E-state index in [1.165, 1.54) is 6.07 Å². The van der Waals surface area contributed by atoms with Crippen LogP contribution in [0.4, 0.5) is 5.69 Å². The van der Waals surface area contributed by atoms with Crippen LogP contribution in [0.3, 0.4) is 0 Å². The van der Waals surface area contributed by atoms with Crippen molar-refractivity contribution in [1.29, 1.82) is 0 Å². The number of carbonyl (C=O) groups excluding carboxylic acids is 3. The van der Waals surface area contributed by atoms with E-state index < -0.39 is 91.9 Å². The molecule has 0 spiro atoms. The lowest BCUT2D eigenvalue weighted by Gasteiger charge is -2.53. The first-order valence-corrected chi connectivity index (χ1v) is 12.3. The summed E-state index contributed by atoms with van der Waals surface area (Å²) in [6.45, 7) is -0.480. The van der Waals surface area contributed by atoms with Crippen molar-refractivity contribution in [2.45, 2.75) is 24.5 Å². The van der Waals surface area contributed by atoms with Gasteiger partial charge in [-0.1, -0.05) is 0 Å². The van der Waals surface area contributed by atoms with Gasteiger partial charge in [-0.3, -0.25) is 14.4 Å². The fourth-order valence-corrected chi connectivity index (χ4v) is 5.95. The number of aliphatic hydroxyl groups is 3. The molecule has 4 atom stereocenters. The zero-order chi connectivity index (χ0) is 26.2. The van der Waals surface area contributed by atoms with Crippen molar-refractivity contribution < 1.29 is 43.2 Å². The van der Waals surface area contributed by atoms with Crippen molar-refractivity contribution in [3.05, 3.63) is 45.9 Å². The van der Waals surface area contributed by atoms with Crippen LogP contribution in [0.15, 0.2) is 34.8 Å². The van der Waals surface area contributed by atoms with Crippen molar-refractivity contribution in [2.75, 3.05) is 18.5 Å². The highest BCUT2D eigenvalue weighted by Gasteiger charge is 2.65. The van der Waals surface area contributed by atoms with Crippen LogP contribution in [0.5, 0.6) is 5.75 Å². The number of carbonyl (C=O) groups is 3. The number of sulfonamides is 1. The molecule has 1 aromatic carbocycles. The molecule has 0 saturated heterocycles. The second kappa shape index (κ2) is 7.52. The molecule has 0 saturated carbocycles. The summed E-state index contributed by atoms with van der Waals surface area (Å²) in [5.41, 5.74) is 11.2. The summed E-state index contributed by atoms with van der Waals surface area (Å²) in [6, 6.07) is 0.910. The third kappa shape index (κ3) is 3.32. The zero-order valence-corrected chi connectivity index (χ0v) is 19.2. The van der Waals surface area contributed by atoms with E-state index in [0.29, 0.717) is 0 Å². The number of aliphatic hydroxyl groups excluding tert-OH is 2. The summed E-state index contributed by atoms with van der Waals surface area (Å²) >= 11 is 0. The topological polar surface area (TPSA) is 256 Å². The molecule has 0 bridgehead atoms. The Bertz CT molecular complexity index is 1380. The Kier molecular flexibility index (Phi) is 5.30. The minimum atomic E-state index is -3.84. The third-order valence-electron chi connectivity index (χ3n) is 7.07. The Morgan fingerprint density at radius 1 is 1.23 bits per heavy atom. The summed E-state index contributed by atoms with van der Waals surface area (Å²) in [5.74, 6) is -7.92. The lowest BCUT2D eigenvalue weighted by molar-refractivity contribution is -0.147. The Balaban J connectivity index is 2.05. The second-order valence-electron chi connectivity index (χ2n) is 9.19. The number of anilines is 1. The first kappa shape index (κ1) is 24.7. The molecule has 3 aliphatic rings. The van der Waals surface area contributed by atoms with Gasteiger partial charge in [0.25, 0.3) is 5.91 Å². The van der Waals surface area contributed by atoms with E-state index in [4.69, 9.17) is 17.2 Å². The largest absolute Gasteiger partial charge is 0.510 e. The minimum Gasteiger partial charge on any atom is -0.510 e. The van der Waals surface area contributed by atoms with E-state index in [-0.39, 0.29) is 23.2 Å². The molecule has 188 valence electrons. The van der Waals surface area contributed by atoms with Gasteiger partial charge in [0.2, 0.25) is 15.8 Å². The minimum absolute atomic E-state index is 0.104. The van der Waals surface area contributed by atoms with E-state index in [1.54, 1.807) is 0 Å². The first-order chi connectivity index (χ1) is 16.1. The fourth-order valence-electron chi connectivity index (χ4n) is 5.41. The molecular formula is C21H24N4O9S. The number of hydrogen-bond acceptors (Lipinski definition) is 11. The molecule has 1 aromatic rings. The molecule has 4 rings (SSSR count). The van der Waals surface area contributed by atoms with Gasteiger partial charge in [-0.25, -0.2) is 13.1 Å². The SMILES string of the molecule is CS(=O)(=O)NC[C@@]12Cc3c(N)ccc(O)c3C(=O)C1=C(O)[C@]1(O)C(=O)C(C(N)=O)=C(O)[C@@H](N)[C@@H]1C2. The van der Waals surface area contributed by atoms with Crippen LogP contribution in [0.25, 0.3) is 0 Å². The molecule has 0 aromatic heterocycles. The number of rotatable bonds is 4. The first-order valence-electron chi connectivity index (χ1n) is 10.4. The number of Topliss-reactive ketones (excluding diaryl/α,β-unsaturated/α-hetero) is 2. The van der Waals surface area contributed by atoms with E-state index in [1.807, 2.05) is 0 Å². The summed E-state index contributed by atoms with van der Waals surface area (Å²) in [4.78, 5) is 38.6. The number of fused-ring (bicyclic) bond motifs is 3. The van der Waals surface area contributed by atoms with Crippen molar-refractivity contribution in [3.63, 3.8) is 0 Å². The van der Waals surface area contributed by atoms with E-state index in [0.717, 1.165) is 12.3 Å². The van der Waals surface area contributed by atoms with Gasteiger partial charge in [0.05, 0.1) is 17.9 Å². The predicted octanol–water partition coefficient (Wildman–Crippen LogP) is -1.98. The van der Waals surface area contributed by atoms with Gasteiger partial charge < -0.3 is 37.6 Å². The van der Waals surface area contributed by atoms with Crippen molar-refractivity contribution in [3.8, 4) is 5.75 Å². The predicted molar refractivity (Wildman–Crippen MR) is 120 cm³/mol. The third-order valence-corrected chi connectivity index (χ3v) is 7.74. The number of nitrogens with one attached hydrogen (secondary N) is 1. The monoisotopic (exact) mass is 508 g/mol. The Morgan fingerprint density at radius 3 is 2.43 bits per heavy atom. The average molecular weight is 509 g/mol. The van der Waals surface area contributed by atoms with Crippen LogP contribution in [0, 0.1) is 11.3 Å². The molecule has 0 unspecified atom stereocenters. The number of benzene rings is 1. The van der Waals surface area contributed by atoms with Gasteiger partial charge in [0, 0.05) is 29.1 Å². The number of ketones is 2. The van der Waals surface area contributed by atoms with E-state index in [9.17, 15) is 43.2 Å². The number of aromatic hydroxyl groups is 1. The molecule has 0 heterocycles.